The van der Waals surface area contributed by atoms with Crippen LogP contribution in [0.3, 0.4) is 0 Å². The summed E-state index contributed by atoms with van der Waals surface area (Å²) in [7, 11) is 0. The van der Waals surface area contributed by atoms with Crippen molar-refractivity contribution in [3.63, 3.8) is 0 Å². The van der Waals surface area contributed by atoms with Crippen LogP contribution in [0.2, 0.25) is 0 Å². The number of amides is 2. The van der Waals surface area contributed by atoms with Gasteiger partial charge in [0, 0.05) is 38.7 Å². The van der Waals surface area contributed by atoms with Gasteiger partial charge < -0.3 is 4.90 Å². The van der Waals surface area contributed by atoms with Crippen LogP contribution in [-0.2, 0) is 17.8 Å². The predicted octanol–water partition coefficient (Wildman–Crippen LogP) is 2.73. The summed E-state index contributed by atoms with van der Waals surface area (Å²) in [6.45, 7) is 10.5. The molecule has 2 heterocycles. The van der Waals surface area contributed by atoms with Crippen molar-refractivity contribution in [3.8, 4) is 0 Å². The predicted molar refractivity (Wildman–Crippen MR) is 101 cm³/mol. The van der Waals surface area contributed by atoms with Gasteiger partial charge in [0.2, 0.25) is 5.91 Å². The van der Waals surface area contributed by atoms with Gasteiger partial charge in [-0.3, -0.25) is 19.7 Å². The minimum absolute atomic E-state index is 0.0883. The lowest BCUT2D eigenvalue weighted by atomic mass is 9.93. The zero-order valence-corrected chi connectivity index (χ0v) is 16.6. The highest BCUT2D eigenvalue weighted by Crippen LogP contribution is 2.32. The summed E-state index contributed by atoms with van der Waals surface area (Å²) in [5, 5.41) is 8.77. The highest BCUT2D eigenvalue weighted by Gasteiger charge is 2.40. The average molecular weight is 379 g/mol. The van der Waals surface area contributed by atoms with E-state index in [0.29, 0.717) is 18.5 Å². The molecule has 1 unspecified atom stereocenters. The van der Waals surface area contributed by atoms with Gasteiger partial charge in [-0.15, -0.1) is 0 Å². The van der Waals surface area contributed by atoms with Crippen molar-refractivity contribution in [3.05, 3.63) is 34.6 Å². The second-order valence-corrected chi connectivity index (χ2v) is 7.27. The fraction of sp³-hybridized carbons (Fsp3) is 0.600. The summed E-state index contributed by atoms with van der Waals surface area (Å²) in [5.41, 5.74) is 2.84. The van der Waals surface area contributed by atoms with E-state index in [0.717, 1.165) is 44.1 Å². The molecular formula is C20H30FN3O3. The fourth-order valence-electron chi connectivity index (χ4n) is 4.24. The molecule has 2 amide bonds. The number of hydroxylamine groups is 1. The third kappa shape index (κ3) is 4.47. The van der Waals surface area contributed by atoms with E-state index in [9.17, 15) is 14.0 Å². The van der Waals surface area contributed by atoms with Gasteiger partial charge in [0.25, 0.3) is 5.91 Å². The van der Waals surface area contributed by atoms with Crippen LogP contribution in [0.4, 0.5) is 4.39 Å². The number of carbonyl (C=O) groups excluding carboxylic acids is 2. The Morgan fingerprint density at radius 3 is 2.63 bits per heavy atom. The molecule has 6 nitrogen and oxygen atoms in total. The summed E-state index contributed by atoms with van der Waals surface area (Å²) >= 11 is 0. The van der Waals surface area contributed by atoms with Crippen molar-refractivity contribution in [2.45, 2.75) is 59.0 Å². The van der Waals surface area contributed by atoms with E-state index in [4.69, 9.17) is 5.21 Å². The van der Waals surface area contributed by atoms with E-state index in [1.54, 1.807) is 18.5 Å². The SMILES string of the molecule is CC.CC(=O)N1CCCC1(C)CN1CCc2c(F)cc(C(=O)NO)cc2C1. The second kappa shape index (κ2) is 8.80. The minimum Gasteiger partial charge on any atom is -0.336 e. The highest BCUT2D eigenvalue weighted by atomic mass is 19.1. The molecule has 7 heteroatoms. The molecule has 1 saturated heterocycles. The summed E-state index contributed by atoms with van der Waals surface area (Å²) in [4.78, 5) is 27.6. The number of benzene rings is 1. The van der Waals surface area contributed by atoms with Gasteiger partial charge in [-0.2, -0.15) is 0 Å². The van der Waals surface area contributed by atoms with Crippen molar-refractivity contribution in [2.24, 2.45) is 0 Å². The Bertz CT molecular complexity index is 710. The number of hydrogen-bond donors (Lipinski definition) is 2. The number of hydrogen-bond acceptors (Lipinski definition) is 4. The highest BCUT2D eigenvalue weighted by molar-refractivity contribution is 5.93. The summed E-state index contributed by atoms with van der Waals surface area (Å²) in [5.74, 6) is -1.04. The zero-order valence-electron chi connectivity index (χ0n) is 16.6. The number of halogens is 1. The number of likely N-dealkylation sites (tertiary alicyclic amines) is 1. The van der Waals surface area contributed by atoms with Crippen molar-refractivity contribution < 1.29 is 19.2 Å². The molecule has 0 saturated carbocycles. The van der Waals surface area contributed by atoms with E-state index >= 15 is 0 Å². The third-order valence-corrected chi connectivity index (χ3v) is 5.42. The Balaban J connectivity index is 0.00000126. The summed E-state index contributed by atoms with van der Waals surface area (Å²) < 4.78 is 14.3. The van der Waals surface area contributed by atoms with Gasteiger partial charge in [-0.25, -0.2) is 9.87 Å². The van der Waals surface area contributed by atoms with Crippen LogP contribution in [0, 0.1) is 5.82 Å². The molecule has 0 bridgehead atoms. The Morgan fingerprint density at radius 1 is 1.30 bits per heavy atom. The first kappa shape index (κ1) is 21.3. The van der Waals surface area contributed by atoms with Crippen LogP contribution in [0.15, 0.2) is 12.1 Å². The zero-order chi connectivity index (χ0) is 20.2. The van der Waals surface area contributed by atoms with Crippen LogP contribution < -0.4 is 5.48 Å². The standard InChI is InChI=1S/C18H24FN3O3.C2H6/c1-12(23)22-6-3-5-18(22,2)11-21-7-4-15-14(10-21)8-13(9-16(15)19)17(24)20-25;1-2/h8-9,25H,3-7,10-11H2,1-2H3,(H,20,24);1-2H3. The fourth-order valence-corrected chi connectivity index (χ4v) is 4.24. The Labute approximate surface area is 160 Å². The Hall–Kier alpha value is -1.99. The molecule has 2 aliphatic heterocycles. The molecule has 27 heavy (non-hydrogen) atoms. The van der Waals surface area contributed by atoms with Crippen molar-refractivity contribution in [1.29, 1.82) is 0 Å². The van der Waals surface area contributed by atoms with Gasteiger partial charge in [0.15, 0.2) is 0 Å². The van der Waals surface area contributed by atoms with Crippen LogP contribution in [-0.4, -0.2) is 52.0 Å². The molecule has 0 aromatic heterocycles. The lowest BCUT2D eigenvalue weighted by molar-refractivity contribution is -0.133. The first-order valence-corrected chi connectivity index (χ1v) is 9.60. The molecule has 150 valence electrons. The molecule has 1 fully saturated rings. The van der Waals surface area contributed by atoms with Crippen LogP contribution in [0.25, 0.3) is 0 Å². The van der Waals surface area contributed by atoms with Crippen LogP contribution >= 0.6 is 0 Å². The first-order chi connectivity index (χ1) is 12.8. The number of carbonyl (C=O) groups is 2. The molecule has 0 spiro atoms. The van der Waals surface area contributed by atoms with E-state index in [1.807, 2.05) is 18.7 Å². The lowest BCUT2D eigenvalue weighted by Gasteiger charge is -2.40. The van der Waals surface area contributed by atoms with Crippen LogP contribution in [0.5, 0.6) is 0 Å². The van der Waals surface area contributed by atoms with Gasteiger partial charge in [0.1, 0.15) is 5.82 Å². The number of nitrogens with one attached hydrogen (secondary N) is 1. The molecule has 2 aliphatic rings. The number of nitrogens with zero attached hydrogens (tertiary/aromatic N) is 2. The monoisotopic (exact) mass is 379 g/mol. The number of fused-ring (bicyclic) bond motifs is 1. The van der Waals surface area contributed by atoms with E-state index in [2.05, 4.69) is 11.8 Å². The molecular weight excluding hydrogens is 349 g/mol. The first-order valence-electron chi connectivity index (χ1n) is 9.60. The average Bonchev–Trinajstić information content (AvgIpc) is 3.03. The van der Waals surface area contributed by atoms with Gasteiger partial charge in [-0.05, 0) is 49.4 Å². The van der Waals surface area contributed by atoms with E-state index in [-0.39, 0.29) is 17.0 Å². The maximum atomic E-state index is 14.3. The Morgan fingerprint density at radius 2 is 2.00 bits per heavy atom. The van der Waals surface area contributed by atoms with Crippen molar-refractivity contribution in [2.75, 3.05) is 19.6 Å². The maximum Gasteiger partial charge on any atom is 0.274 e. The van der Waals surface area contributed by atoms with Gasteiger partial charge in [-0.1, -0.05) is 13.8 Å². The summed E-state index contributed by atoms with van der Waals surface area (Å²) in [6, 6.07) is 2.80. The van der Waals surface area contributed by atoms with Gasteiger partial charge in [0.05, 0.1) is 5.54 Å². The smallest absolute Gasteiger partial charge is 0.274 e. The molecule has 3 rings (SSSR count). The Kier molecular flexibility index (Phi) is 6.95. The molecule has 0 aliphatic carbocycles. The second-order valence-electron chi connectivity index (χ2n) is 7.27. The van der Waals surface area contributed by atoms with E-state index < -0.39 is 11.7 Å². The molecule has 2 N–H and O–H groups in total. The molecule has 1 aromatic carbocycles. The van der Waals surface area contributed by atoms with Crippen LogP contribution in [0.1, 0.15) is 62.0 Å². The normalized spacial score (nSPS) is 21.9. The van der Waals surface area contributed by atoms with E-state index in [1.165, 1.54) is 0 Å². The van der Waals surface area contributed by atoms with Crippen molar-refractivity contribution >= 4 is 11.8 Å². The molecule has 1 aromatic rings. The topological polar surface area (TPSA) is 72.9 Å². The minimum atomic E-state index is -0.718. The number of rotatable bonds is 3. The van der Waals surface area contributed by atoms with Crippen molar-refractivity contribution in [1.82, 2.24) is 15.3 Å². The quantitative estimate of drug-likeness (QED) is 0.626. The lowest BCUT2D eigenvalue weighted by Crippen LogP contribution is -2.52. The largest absolute Gasteiger partial charge is 0.336 e. The molecule has 0 radical (unpaired) electrons. The van der Waals surface area contributed by atoms with Gasteiger partial charge >= 0.3 is 0 Å². The summed E-state index contributed by atoms with van der Waals surface area (Å²) in [6.07, 6.45) is 2.52. The third-order valence-electron chi connectivity index (χ3n) is 5.42. The molecule has 1 atom stereocenters. The maximum absolute atomic E-state index is 14.3.